The highest BCUT2D eigenvalue weighted by Gasteiger charge is 2.04. The molecule has 3 aromatic rings. The maximum atomic E-state index is 4.52. The van der Waals surface area contributed by atoms with E-state index in [1.807, 2.05) is 29.8 Å². The highest BCUT2D eigenvalue weighted by atomic mass is 15.3. The molecule has 0 spiro atoms. The van der Waals surface area contributed by atoms with Crippen LogP contribution in [0.3, 0.4) is 0 Å². The van der Waals surface area contributed by atoms with E-state index in [9.17, 15) is 0 Å². The fourth-order valence-corrected chi connectivity index (χ4v) is 2.01. The molecule has 4 nitrogen and oxygen atoms in total. The first-order valence-electron chi connectivity index (χ1n) is 5.50. The fourth-order valence-electron chi connectivity index (χ4n) is 2.01. The molecule has 0 N–H and O–H groups in total. The van der Waals surface area contributed by atoms with Crippen LogP contribution in [-0.2, 0) is 6.54 Å². The second kappa shape index (κ2) is 3.97. The lowest BCUT2D eigenvalue weighted by molar-refractivity contribution is 0.687. The van der Waals surface area contributed by atoms with Gasteiger partial charge in [-0.3, -0.25) is 4.98 Å². The summed E-state index contributed by atoms with van der Waals surface area (Å²) in [6.07, 6.45) is 3.28. The van der Waals surface area contributed by atoms with E-state index in [1.54, 1.807) is 12.7 Å². The average Bonchev–Trinajstić information content (AvgIpc) is 2.81. The van der Waals surface area contributed by atoms with E-state index in [1.165, 1.54) is 10.9 Å². The van der Waals surface area contributed by atoms with Gasteiger partial charge in [-0.15, -0.1) is 0 Å². The van der Waals surface area contributed by atoms with Crippen LogP contribution < -0.4 is 0 Å². The van der Waals surface area contributed by atoms with Gasteiger partial charge in [-0.25, -0.2) is 9.67 Å². The van der Waals surface area contributed by atoms with E-state index in [-0.39, 0.29) is 0 Å². The van der Waals surface area contributed by atoms with Gasteiger partial charge < -0.3 is 0 Å². The quantitative estimate of drug-likeness (QED) is 0.670. The van der Waals surface area contributed by atoms with Crippen molar-refractivity contribution in [2.24, 2.45) is 0 Å². The minimum Gasteiger partial charge on any atom is -0.253 e. The highest BCUT2D eigenvalue weighted by molar-refractivity contribution is 5.82. The second-order valence-corrected chi connectivity index (χ2v) is 4.03. The van der Waals surface area contributed by atoms with Crippen molar-refractivity contribution in [1.29, 1.82) is 0 Å². The minimum atomic E-state index is 0.726. The van der Waals surface area contributed by atoms with Gasteiger partial charge in [0.1, 0.15) is 12.7 Å². The van der Waals surface area contributed by atoms with Gasteiger partial charge >= 0.3 is 0 Å². The molecule has 0 saturated heterocycles. The van der Waals surface area contributed by atoms with Crippen molar-refractivity contribution in [2.45, 2.75) is 13.5 Å². The van der Waals surface area contributed by atoms with Gasteiger partial charge in [0.25, 0.3) is 0 Å². The van der Waals surface area contributed by atoms with Gasteiger partial charge in [0.2, 0.25) is 0 Å². The maximum absolute atomic E-state index is 4.52. The number of benzene rings is 1. The zero-order valence-corrected chi connectivity index (χ0v) is 9.54. The maximum Gasteiger partial charge on any atom is 0.137 e. The summed E-state index contributed by atoms with van der Waals surface area (Å²) in [5.41, 5.74) is 3.28. The first-order chi connectivity index (χ1) is 8.33. The van der Waals surface area contributed by atoms with Crippen LogP contribution in [-0.4, -0.2) is 19.7 Å². The molecule has 0 aliphatic heterocycles. The molecular weight excluding hydrogens is 212 g/mol. The molecule has 3 rings (SSSR count). The van der Waals surface area contributed by atoms with Crippen molar-refractivity contribution in [2.75, 3.05) is 0 Å². The number of hydrogen-bond acceptors (Lipinski definition) is 3. The van der Waals surface area contributed by atoms with E-state index >= 15 is 0 Å². The second-order valence-electron chi connectivity index (χ2n) is 4.03. The van der Waals surface area contributed by atoms with Crippen molar-refractivity contribution >= 4 is 10.9 Å². The molecule has 0 atom stereocenters. The molecule has 1 aromatic carbocycles. The molecule has 4 heteroatoms. The fraction of sp³-hybridized carbons (Fsp3) is 0.154. The van der Waals surface area contributed by atoms with Crippen LogP contribution in [0.2, 0.25) is 0 Å². The van der Waals surface area contributed by atoms with E-state index in [0.717, 1.165) is 17.8 Å². The summed E-state index contributed by atoms with van der Waals surface area (Å²) < 4.78 is 1.82. The summed E-state index contributed by atoms with van der Waals surface area (Å²) in [5, 5.41) is 5.31. The zero-order valence-electron chi connectivity index (χ0n) is 9.54. The number of pyridine rings is 1. The van der Waals surface area contributed by atoms with Crippen molar-refractivity contribution in [3.05, 3.63) is 54.2 Å². The first kappa shape index (κ1) is 9.96. The Morgan fingerprint density at radius 1 is 1.24 bits per heavy atom. The van der Waals surface area contributed by atoms with Crippen molar-refractivity contribution < 1.29 is 0 Å². The van der Waals surface area contributed by atoms with E-state index in [4.69, 9.17) is 0 Å². The molecule has 17 heavy (non-hydrogen) atoms. The molecule has 0 saturated carbocycles. The Balaban J connectivity index is 2.14. The molecule has 2 aromatic heterocycles. The third-order valence-electron chi connectivity index (χ3n) is 2.73. The van der Waals surface area contributed by atoms with Gasteiger partial charge in [0.15, 0.2) is 0 Å². The summed E-state index contributed by atoms with van der Waals surface area (Å²) in [6, 6.07) is 10.3. The number of nitrogens with zero attached hydrogens (tertiary/aromatic N) is 4. The smallest absolute Gasteiger partial charge is 0.137 e. The summed E-state index contributed by atoms with van der Waals surface area (Å²) in [5.74, 6) is 0. The van der Waals surface area contributed by atoms with Crippen LogP contribution in [0.5, 0.6) is 0 Å². The predicted molar refractivity (Wildman–Crippen MR) is 65.6 cm³/mol. The third-order valence-corrected chi connectivity index (χ3v) is 2.73. The van der Waals surface area contributed by atoms with Crippen molar-refractivity contribution in [1.82, 2.24) is 19.7 Å². The summed E-state index contributed by atoms with van der Waals surface area (Å²) in [6.45, 7) is 2.74. The lowest BCUT2D eigenvalue weighted by Crippen LogP contribution is -2.02. The molecule has 2 heterocycles. The summed E-state index contributed by atoms with van der Waals surface area (Å²) in [4.78, 5) is 8.48. The molecule has 0 bridgehead atoms. The molecule has 0 unspecified atom stereocenters. The van der Waals surface area contributed by atoms with Crippen LogP contribution in [0.1, 0.15) is 11.3 Å². The molecular formula is C13H12N4. The van der Waals surface area contributed by atoms with E-state index in [2.05, 4.69) is 27.2 Å². The normalized spacial score (nSPS) is 10.9. The molecule has 0 aliphatic carbocycles. The average molecular weight is 224 g/mol. The molecule has 84 valence electrons. The Morgan fingerprint density at radius 3 is 2.94 bits per heavy atom. The Morgan fingerprint density at radius 2 is 2.12 bits per heavy atom. The zero-order chi connectivity index (χ0) is 11.7. The third kappa shape index (κ3) is 1.89. The molecule has 0 aliphatic rings. The summed E-state index contributed by atoms with van der Waals surface area (Å²) in [7, 11) is 0. The Hall–Kier alpha value is -2.23. The van der Waals surface area contributed by atoms with E-state index in [0.29, 0.717) is 0 Å². The van der Waals surface area contributed by atoms with Crippen LogP contribution in [0.15, 0.2) is 43.0 Å². The van der Waals surface area contributed by atoms with Crippen LogP contribution >= 0.6 is 0 Å². The lowest BCUT2D eigenvalue weighted by atomic mass is 10.1. The van der Waals surface area contributed by atoms with Crippen molar-refractivity contribution in [3.63, 3.8) is 0 Å². The molecule has 0 radical (unpaired) electrons. The number of aryl methyl sites for hydroxylation is 1. The first-order valence-corrected chi connectivity index (χ1v) is 5.50. The van der Waals surface area contributed by atoms with Gasteiger partial charge in [-0.2, -0.15) is 5.10 Å². The Bertz CT molecular complexity index is 644. The Kier molecular flexibility index (Phi) is 2.33. The number of fused-ring (bicyclic) bond motifs is 1. The Labute approximate surface area is 98.9 Å². The number of para-hydroxylation sites is 1. The number of hydrogen-bond donors (Lipinski definition) is 0. The largest absolute Gasteiger partial charge is 0.253 e. The topological polar surface area (TPSA) is 43.6 Å². The van der Waals surface area contributed by atoms with Crippen molar-refractivity contribution in [3.8, 4) is 0 Å². The number of aromatic nitrogens is 4. The molecule has 0 fully saturated rings. The van der Waals surface area contributed by atoms with Crippen LogP contribution in [0, 0.1) is 6.92 Å². The lowest BCUT2D eigenvalue weighted by Gasteiger charge is -2.07. The van der Waals surface area contributed by atoms with Gasteiger partial charge in [-0.1, -0.05) is 18.2 Å². The predicted octanol–water partition coefficient (Wildman–Crippen LogP) is 2.18. The molecule has 0 amide bonds. The van der Waals surface area contributed by atoms with Gasteiger partial charge in [0, 0.05) is 11.1 Å². The van der Waals surface area contributed by atoms with Crippen LogP contribution in [0.25, 0.3) is 10.9 Å². The minimum absolute atomic E-state index is 0.726. The monoisotopic (exact) mass is 224 g/mol. The summed E-state index contributed by atoms with van der Waals surface area (Å²) >= 11 is 0. The van der Waals surface area contributed by atoms with E-state index < -0.39 is 0 Å². The van der Waals surface area contributed by atoms with Gasteiger partial charge in [0.05, 0.1) is 12.1 Å². The standard InChI is InChI=1S/C13H12N4/c1-10-6-11(7-17-9-14-8-15-17)12-4-2-3-5-13(12)16-10/h2-6,8-9H,7H2,1H3. The number of rotatable bonds is 2. The van der Waals surface area contributed by atoms with Gasteiger partial charge in [-0.05, 0) is 24.6 Å². The van der Waals surface area contributed by atoms with Crippen LogP contribution in [0.4, 0.5) is 0 Å². The highest BCUT2D eigenvalue weighted by Crippen LogP contribution is 2.18. The SMILES string of the molecule is Cc1cc(Cn2cncn2)c2ccccc2n1.